The van der Waals surface area contributed by atoms with Crippen LogP contribution in [0.15, 0.2) is 11.0 Å². The SMILES string of the molecule is CC(CC1CC1)Nc1cnn(C)c(=O)c1Cl. The topological polar surface area (TPSA) is 46.9 Å². The zero-order valence-corrected chi connectivity index (χ0v) is 10.3. The molecule has 0 aromatic carbocycles. The van der Waals surface area contributed by atoms with Crippen molar-refractivity contribution in [3.63, 3.8) is 0 Å². The summed E-state index contributed by atoms with van der Waals surface area (Å²) in [5, 5.41) is 7.41. The van der Waals surface area contributed by atoms with Crippen molar-refractivity contribution < 1.29 is 0 Å². The van der Waals surface area contributed by atoms with Crippen LogP contribution in [-0.2, 0) is 7.05 Å². The fourth-order valence-corrected chi connectivity index (χ4v) is 2.01. The van der Waals surface area contributed by atoms with Gasteiger partial charge in [0.05, 0.1) is 11.9 Å². The molecule has 1 aliphatic rings. The van der Waals surface area contributed by atoms with Crippen molar-refractivity contribution in [1.29, 1.82) is 0 Å². The molecular weight excluding hydrogens is 226 g/mol. The first-order valence-electron chi connectivity index (χ1n) is 5.56. The molecule has 1 aromatic rings. The molecule has 2 rings (SSSR count). The Morgan fingerprint density at radius 2 is 2.38 bits per heavy atom. The summed E-state index contributed by atoms with van der Waals surface area (Å²) in [6.45, 7) is 2.10. The lowest BCUT2D eigenvalue weighted by Crippen LogP contribution is -2.23. The number of nitrogens with one attached hydrogen (secondary N) is 1. The van der Waals surface area contributed by atoms with Gasteiger partial charge in [0.2, 0.25) is 0 Å². The second kappa shape index (κ2) is 4.45. The maximum atomic E-state index is 11.5. The Bertz CT molecular complexity index is 439. The molecule has 1 atom stereocenters. The number of nitrogens with zero attached hydrogens (tertiary/aromatic N) is 2. The Morgan fingerprint density at radius 1 is 1.69 bits per heavy atom. The van der Waals surface area contributed by atoms with Crippen LogP contribution in [0, 0.1) is 5.92 Å². The van der Waals surface area contributed by atoms with E-state index in [1.807, 2.05) is 0 Å². The number of hydrogen-bond acceptors (Lipinski definition) is 3. The molecule has 0 spiro atoms. The van der Waals surface area contributed by atoms with Crippen LogP contribution in [0.4, 0.5) is 5.69 Å². The second-order valence-corrected chi connectivity index (χ2v) is 4.90. The predicted molar refractivity (Wildman–Crippen MR) is 64.9 cm³/mol. The Labute approximate surface area is 99.6 Å². The van der Waals surface area contributed by atoms with Gasteiger partial charge >= 0.3 is 0 Å². The highest BCUT2D eigenvalue weighted by atomic mass is 35.5. The molecule has 1 fully saturated rings. The monoisotopic (exact) mass is 241 g/mol. The minimum absolute atomic E-state index is 0.222. The minimum Gasteiger partial charge on any atom is -0.380 e. The Balaban J connectivity index is 2.08. The van der Waals surface area contributed by atoms with Gasteiger partial charge in [-0.15, -0.1) is 0 Å². The van der Waals surface area contributed by atoms with E-state index in [1.54, 1.807) is 13.2 Å². The highest BCUT2D eigenvalue weighted by Gasteiger charge is 2.23. The van der Waals surface area contributed by atoms with E-state index in [1.165, 1.54) is 17.5 Å². The van der Waals surface area contributed by atoms with Crippen LogP contribution in [0.5, 0.6) is 0 Å². The van der Waals surface area contributed by atoms with Crippen molar-refractivity contribution in [1.82, 2.24) is 9.78 Å². The van der Waals surface area contributed by atoms with Crippen LogP contribution < -0.4 is 10.9 Å². The standard InChI is InChI=1S/C11H16ClN3O/c1-7(5-8-3-4-8)14-9-6-13-15(2)11(16)10(9)12/h6-8,14H,3-5H2,1-2H3. The summed E-state index contributed by atoms with van der Waals surface area (Å²) in [5.74, 6) is 0.848. The van der Waals surface area contributed by atoms with E-state index in [9.17, 15) is 4.79 Å². The van der Waals surface area contributed by atoms with Gasteiger partial charge in [0.15, 0.2) is 0 Å². The van der Waals surface area contributed by atoms with E-state index in [-0.39, 0.29) is 10.6 Å². The molecule has 88 valence electrons. The molecule has 0 saturated heterocycles. The van der Waals surface area contributed by atoms with Gasteiger partial charge in [-0.1, -0.05) is 24.4 Å². The largest absolute Gasteiger partial charge is 0.380 e. The van der Waals surface area contributed by atoms with E-state index in [0.717, 1.165) is 12.3 Å². The number of aromatic nitrogens is 2. The Hall–Kier alpha value is -1.03. The average molecular weight is 242 g/mol. The lowest BCUT2D eigenvalue weighted by Gasteiger charge is -2.15. The van der Waals surface area contributed by atoms with Gasteiger partial charge in [0, 0.05) is 13.1 Å². The van der Waals surface area contributed by atoms with Crippen LogP contribution >= 0.6 is 11.6 Å². The molecule has 1 aliphatic carbocycles. The molecule has 1 N–H and O–H groups in total. The molecule has 1 heterocycles. The summed E-state index contributed by atoms with van der Waals surface area (Å²) >= 11 is 5.96. The summed E-state index contributed by atoms with van der Waals surface area (Å²) in [5.41, 5.74) is 0.378. The third-order valence-electron chi connectivity index (χ3n) is 2.86. The molecule has 1 aromatic heterocycles. The lowest BCUT2D eigenvalue weighted by atomic mass is 10.1. The maximum absolute atomic E-state index is 11.5. The summed E-state index contributed by atoms with van der Waals surface area (Å²) in [6.07, 6.45) is 5.39. The first kappa shape index (κ1) is 11.5. The summed E-state index contributed by atoms with van der Waals surface area (Å²) in [4.78, 5) is 11.5. The minimum atomic E-state index is -0.259. The van der Waals surface area contributed by atoms with E-state index in [0.29, 0.717) is 11.7 Å². The van der Waals surface area contributed by atoms with Gasteiger partial charge in [-0.2, -0.15) is 5.10 Å². The first-order chi connectivity index (χ1) is 7.58. The smallest absolute Gasteiger partial charge is 0.287 e. The van der Waals surface area contributed by atoms with Crippen molar-refractivity contribution >= 4 is 17.3 Å². The number of hydrogen-bond donors (Lipinski definition) is 1. The molecule has 16 heavy (non-hydrogen) atoms. The number of halogens is 1. The summed E-state index contributed by atoms with van der Waals surface area (Å²) in [7, 11) is 1.59. The second-order valence-electron chi connectivity index (χ2n) is 4.53. The van der Waals surface area contributed by atoms with Crippen molar-refractivity contribution in [2.24, 2.45) is 13.0 Å². The fourth-order valence-electron chi connectivity index (χ4n) is 1.79. The molecule has 4 nitrogen and oxygen atoms in total. The van der Waals surface area contributed by atoms with E-state index in [2.05, 4.69) is 17.3 Å². The zero-order chi connectivity index (χ0) is 11.7. The lowest BCUT2D eigenvalue weighted by molar-refractivity contribution is 0.639. The third kappa shape index (κ3) is 2.55. The molecule has 1 unspecified atom stereocenters. The average Bonchev–Trinajstić information content (AvgIpc) is 3.03. The molecule has 0 amide bonds. The number of anilines is 1. The van der Waals surface area contributed by atoms with Crippen molar-refractivity contribution in [2.45, 2.75) is 32.2 Å². The van der Waals surface area contributed by atoms with Crippen molar-refractivity contribution in [3.05, 3.63) is 21.6 Å². The molecule has 0 aliphatic heterocycles. The van der Waals surface area contributed by atoms with Gasteiger partial charge in [-0.05, 0) is 19.3 Å². The van der Waals surface area contributed by atoms with Gasteiger partial charge in [-0.25, -0.2) is 4.68 Å². The van der Waals surface area contributed by atoms with Crippen LogP contribution in [-0.4, -0.2) is 15.8 Å². The number of rotatable bonds is 4. The molecule has 1 saturated carbocycles. The van der Waals surface area contributed by atoms with Crippen LogP contribution in [0.25, 0.3) is 0 Å². The highest BCUT2D eigenvalue weighted by molar-refractivity contribution is 6.32. The summed E-state index contributed by atoms with van der Waals surface area (Å²) < 4.78 is 1.24. The van der Waals surface area contributed by atoms with E-state index < -0.39 is 0 Å². The van der Waals surface area contributed by atoms with E-state index in [4.69, 9.17) is 11.6 Å². The first-order valence-corrected chi connectivity index (χ1v) is 5.94. The van der Waals surface area contributed by atoms with Crippen molar-refractivity contribution in [3.8, 4) is 0 Å². The van der Waals surface area contributed by atoms with Gasteiger partial charge in [0.25, 0.3) is 5.56 Å². The van der Waals surface area contributed by atoms with Crippen LogP contribution in [0.1, 0.15) is 26.2 Å². The maximum Gasteiger partial charge on any atom is 0.287 e. The molecule has 0 radical (unpaired) electrons. The summed E-state index contributed by atoms with van der Waals surface area (Å²) in [6, 6.07) is 0.332. The van der Waals surface area contributed by atoms with Gasteiger partial charge < -0.3 is 5.32 Å². The highest BCUT2D eigenvalue weighted by Crippen LogP contribution is 2.34. The van der Waals surface area contributed by atoms with Crippen molar-refractivity contribution in [2.75, 3.05) is 5.32 Å². The Kier molecular flexibility index (Phi) is 3.19. The molecular formula is C11H16ClN3O. The van der Waals surface area contributed by atoms with Crippen LogP contribution in [0.2, 0.25) is 5.02 Å². The molecule has 5 heteroatoms. The zero-order valence-electron chi connectivity index (χ0n) is 9.53. The third-order valence-corrected chi connectivity index (χ3v) is 3.23. The van der Waals surface area contributed by atoms with Gasteiger partial charge in [-0.3, -0.25) is 4.79 Å². The van der Waals surface area contributed by atoms with Crippen LogP contribution in [0.3, 0.4) is 0 Å². The number of aryl methyl sites for hydroxylation is 1. The quantitative estimate of drug-likeness (QED) is 0.878. The van der Waals surface area contributed by atoms with Gasteiger partial charge in [0.1, 0.15) is 5.02 Å². The normalized spacial score (nSPS) is 17.2. The predicted octanol–water partition coefficient (Wildman–Crippen LogP) is 2.03. The fraction of sp³-hybridized carbons (Fsp3) is 0.636. The Morgan fingerprint density at radius 3 is 3.00 bits per heavy atom. The molecule has 0 bridgehead atoms. The van der Waals surface area contributed by atoms with E-state index >= 15 is 0 Å².